The van der Waals surface area contributed by atoms with Crippen LogP contribution in [0.5, 0.6) is 0 Å². The molecule has 1 heterocycles. The summed E-state index contributed by atoms with van der Waals surface area (Å²) < 4.78 is 5.14. The van der Waals surface area contributed by atoms with Gasteiger partial charge in [-0.1, -0.05) is 26.7 Å². The number of carbonyl (C=O) groups excluding carboxylic acids is 2. The summed E-state index contributed by atoms with van der Waals surface area (Å²) in [6, 6.07) is 5.12. The summed E-state index contributed by atoms with van der Waals surface area (Å²) in [5, 5.41) is 3.00. The van der Waals surface area contributed by atoms with Crippen molar-refractivity contribution >= 4 is 22.9 Å². The maximum absolute atomic E-state index is 12.2. The fraction of sp³-hybridized carbons (Fsp3) is 0.474. The Bertz CT molecular complexity index is 777. The van der Waals surface area contributed by atoms with Crippen molar-refractivity contribution in [2.24, 2.45) is 11.8 Å². The van der Waals surface area contributed by atoms with E-state index in [2.05, 4.69) is 29.1 Å². The molecule has 0 bridgehead atoms. The standard InChI is InChI=1S/C19H23N3O3/c1-12-4-3-5-15(13(12)2)22-18(23)11-25-19(24)14-6-7-16-17(10-14)21-9-8-20-16/h6-10,12-13,15H,3-5,11H2,1-2H3,(H,22,23)/t12-,13+,15-/m1/s1. The molecule has 1 amide bonds. The number of hydrogen-bond donors (Lipinski definition) is 1. The first-order valence-electron chi connectivity index (χ1n) is 8.72. The first kappa shape index (κ1) is 17.3. The second kappa shape index (κ2) is 7.59. The molecule has 3 atom stereocenters. The smallest absolute Gasteiger partial charge is 0.338 e. The molecule has 3 rings (SSSR count). The lowest BCUT2D eigenvalue weighted by Crippen LogP contribution is -2.45. The number of nitrogens with zero attached hydrogens (tertiary/aromatic N) is 2. The first-order chi connectivity index (χ1) is 12.0. The summed E-state index contributed by atoms with van der Waals surface area (Å²) in [6.07, 6.45) is 6.46. The lowest BCUT2D eigenvalue weighted by atomic mass is 9.78. The van der Waals surface area contributed by atoms with Crippen LogP contribution in [0, 0.1) is 11.8 Å². The Kier molecular flexibility index (Phi) is 5.26. The third-order valence-corrected chi connectivity index (χ3v) is 5.09. The van der Waals surface area contributed by atoms with E-state index >= 15 is 0 Å². The second-order valence-corrected chi connectivity index (χ2v) is 6.78. The summed E-state index contributed by atoms with van der Waals surface area (Å²) >= 11 is 0. The summed E-state index contributed by atoms with van der Waals surface area (Å²) in [7, 11) is 0. The lowest BCUT2D eigenvalue weighted by molar-refractivity contribution is -0.125. The molecule has 2 aromatic rings. The number of ether oxygens (including phenoxy) is 1. The fourth-order valence-electron chi connectivity index (χ4n) is 3.34. The molecule has 6 heteroatoms. The summed E-state index contributed by atoms with van der Waals surface area (Å²) in [6.45, 7) is 4.11. The van der Waals surface area contributed by atoms with Crippen LogP contribution in [0.3, 0.4) is 0 Å². The topological polar surface area (TPSA) is 81.2 Å². The third kappa shape index (κ3) is 4.13. The van der Waals surface area contributed by atoms with Gasteiger partial charge in [-0.05, 0) is 36.5 Å². The zero-order valence-corrected chi connectivity index (χ0v) is 14.6. The highest BCUT2D eigenvalue weighted by molar-refractivity contribution is 5.94. The Morgan fingerprint density at radius 1 is 1.16 bits per heavy atom. The molecule has 25 heavy (non-hydrogen) atoms. The first-order valence-corrected chi connectivity index (χ1v) is 8.72. The molecule has 0 saturated heterocycles. The molecule has 1 aliphatic rings. The van der Waals surface area contributed by atoms with E-state index in [0.717, 1.165) is 12.8 Å². The third-order valence-electron chi connectivity index (χ3n) is 5.09. The molecular weight excluding hydrogens is 318 g/mol. The predicted molar refractivity (Wildman–Crippen MR) is 93.9 cm³/mol. The minimum absolute atomic E-state index is 0.158. The molecule has 132 valence electrons. The van der Waals surface area contributed by atoms with Crippen LogP contribution in [0.2, 0.25) is 0 Å². The Hall–Kier alpha value is -2.50. The van der Waals surface area contributed by atoms with Crippen LogP contribution in [-0.4, -0.2) is 34.5 Å². The predicted octanol–water partition coefficient (Wildman–Crippen LogP) is 2.73. The van der Waals surface area contributed by atoms with Crippen LogP contribution in [0.15, 0.2) is 30.6 Å². The van der Waals surface area contributed by atoms with Crippen LogP contribution in [0.25, 0.3) is 11.0 Å². The van der Waals surface area contributed by atoms with E-state index in [-0.39, 0.29) is 18.6 Å². The number of carbonyl (C=O) groups is 2. The molecule has 1 saturated carbocycles. The number of amides is 1. The molecule has 0 radical (unpaired) electrons. The minimum atomic E-state index is -0.534. The van der Waals surface area contributed by atoms with Gasteiger partial charge in [0.2, 0.25) is 0 Å². The molecule has 1 aromatic carbocycles. The molecule has 1 aliphatic carbocycles. The van der Waals surface area contributed by atoms with Gasteiger partial charge in [0.05, 0.1) is 16.6 Å². The van der Waals surface area contributed by atoms with E-state index in [9.17, 15) is 9.59 Å². The highest BCUT2D eigenvalue weighted by atomic mass is 16.5. The highest BCUT2D eigenvalue weighted by Gasteiger charge is 2.28. The van der Waals surface area contributed by atoms with Crippen molar-refractivity contribution in [3.8, 4) is 0 Å². The zero-order valence-electron chi connectivity index (χ0n) is 14.6. The lowest BCUT2D eigenvalue weighted by Gasteiger charge is -2.34. The largest absolute Gasteiger partial charge is 0.452 e. The molecule has 6 nitrogen and oxygen atoms in total. The van der Waals surface area contributed by atoms with E-state index in [1.807, 2.05) is 0 Å². The van der Waals surface area contributed by atoms with Gasteiger partial charge in [0.1, 0.15) is 0 Å². The molecular formula is C19H23N3O3. The SMILES string of the molecule is C[C@H]1[C@H](C)CCC[C@H]1NC(=O)COC(=O)c1ccc2nccnc2c1. The van der Waals surface area contributed by atoms with Crippen molar-refractivity contribution in [2.75, 3.05) is 6.61 Å². The van der Waals surface area contributed by atoms with E-state index in [1.165, 1.54) is 6.42 Å². The maximum Gasteiger partial charge on any atom is 0.338 e. The van der Waals surface area contributed by atoms with Gasteiger partial charge in [0, 0.05) is 18.4 Å². The van der Waals surface area contributed by atoms with Gasteiger partial charge in [-0.3, -0.25) is 14.8 Å². The quantitative estimate of drug-likeness (QED) is 0.865. The highest BCUT2D eigenvalue weighted by Crippen LogP contribution is 2.29. The summed E-state index contributed by atoms with van der Waals surface area (Å²) in [5.74, 6) is 0.250. The molecule has 1 N–H and O–H groups in total. The molecule has 0 spiro atoms. The van der Waals surface area contributed by atoms with Crippen molar-refractivity contribution < 1.29 is 14.3 Å². The van der Waals surface area contributed by atoms with Crippen molar-refractivity contribution in [1.29, 1.82) is 0 Å². The molecule has 0 aliphatic heterocycles. The van der Waals surface area contributed by atoms with Gasteiger partial charge in [-0.15, -0.1) is 0 Å². The van der Waals surface area contributed by atoms with Crippen LogP contribution < -0.4 is 5.32 Å². The fourth-order valence-corrected chi connectivity index (χ4v) is 3.34. The Labute approximate surface area is 147 Å². The van der Waals surface area contributed by atoms with E-state index in [4.69, 9.17) is 4.74 Å². The molecule has 1 aromatic heterocycles. The van der Waals surface area contributed by atoms with E-state index < -0.39 is 5.97 Å². The summed E-state index contributed by atoms with van der Waals surface area (Å²) in [4.78, 5) is 32.6. The van der Waals surface area contributed by atoms with Crippen molar-refractivity contribution in [3.05, 3.63) is 36.2 Å². The maximum atomic E-state index is 12.2. The monoisotopic (exact) mass is 341 g/mol. The number of nitrogens with one attached hydrogen (secondary N) is 1. The number of rotatable bonds is 4. The van der Waals surface area contributed by atoms with Gasteiger partial charge in [0.25, 0.3) is 5.91 Å². The molecule has 1 fully saturated rings. The van der Waals surface area contributed by atoms with Crippen molar-refractivity contribution in [3.63, 3.8) is 0 Å². The van der Waals surface area contributed by atoms with E-state index in [1.54, 1.807) is 30.6 Å². The van der Waals surface area contributed by atoms with Gasteiger partial charge in [0.15, 0.2) is 6.61 Å². The van der Waals surface area contributed by atoms with Gasteiger partial charge in [-0.2, -0.15) is 0 Å². The van der Waals surface area contributed by atoms with Crippen molar-refractivity contribution in [2.45, 2.75) is 39.2 Å². The van der Waals surface area contributed by atoms with Gasteiger partial charge >= 0.3 is 5.97 Å². The van der Waals surface area contributed by atoms with Gasteiger partial charge < -0.3 is 10.1 Å². The second-order valence-electron chi connectivity index (χ2n) is 6.78. The molecule has 0 unspecified atom stereocenters. The average Bonchev–Trinajstić information content (AvgIpc) is 2.63. The Morgan fingerprint density at radius 2 is 1.92 bits per heavy atom. The Balaban J connectivity index is 1.55. The van der Waals surface area contributed by atoms with Crippen LogP contribution in [0.1, 0.15) is 43.5 Å². The van der Waals surface area contributed by atoms with Gasteiger partial charge in [-0.25, -0.2) is 4.79 Å². The number of hydrogen-bond acceptors (Lipinski definition) is 5. The van der Waals surface area contributed by atoms with Crippen molar-refractivity contribution in [1.82, 2.24) is 15.3 Å². The van der Waals surface area contributed by atoms with Crippen LogP contribution >= 0.6 is 0 Å². The number of aromatic nitrogens is 2. The minimum Gasteiger partial charge on any atom is -0.452 e. The number of esters is 1. The van der Waals surface area contributed by atoms with E-state index in [0.29, 0.717) is 28.4 Å². The number of fused-ring (bicyclic) bond motifs is 1. The zero-order chi connectivity index (χ0) is 17.8. The van der Waals surface area contributed by atoms with Crippen LogP contribution in [-0.2, 0) is 9.53 Å². The number of benzene rings is 1. The Morgan fingerprint density at radius 3 is 2.72 bits per heavy atom. The normalized spacial score (nSPS) is 23.2. The summed E-state index contributed by atoms with van der Waals surface area (Å²) in [5.41, 5.74) is 1.68. The van der Waals surface area contributed by atoms with Crippen LogP contribution in [0.4, 0.5) is 0 Å². The average molecular weight is 341 g/mol.